The van der Waals surface area contributed by atoms with E-state index >= 15 is 0 Å². The highest BCUT2D eigenvalue weighted by atomic mass is 32.2. The number of nitrogens with zero attached hydrogens (tertiary/aromatic N) is 3. The van der Waals surface area contributed by atoms with E-state index in [1.165, 1.54) is 22.8 Å². The lowest BCUT2D eigenvalue weighted by atomic mass is 9.74. The Morgan fingerprint density at radius 3 is 2.43 bits per heavy atom. The number of rotatable bonds is 5. The molecule has 0 saturated carbocycles. The van der Waals surface area contributed by atoms with Crippen molar-refractivity contribution in [2.24, 2.45) is 0 Å². The Labute approximate surface area is 219 Å². The Kier molecular flexibility index (Phi) is 7.19. The molecular formula is C30H33N3O3S. The van der Waals surface area contributed by atoms with Crippen molar-refractivity contribution in [1.82, 2.24) is 9.21 Å². The van der Waals surface area contributed by atoms with Gasteiger partial charge in [0.25, 0.3) is 0 Å². The Morgan fingerprint density at radius 1 is 0.973 bits per heavy atom. The maximum absolute atomic E-state index is 13.7. The molecule has 0 amide bonds. The summed E-state index contributed by atoms with van der Waals surface area (Å²) in [6, 6.07) is 23.2. The molecule has 2 aliphatic rings. The number of fused-ring (bicyclic) bond motifs is 1. The number of aliphatic hydroxyl groups excluding tert-OH is 1. The van der Waals surface area contributed by atoms with Gasteiger partial charge in [-0.3, -0.25) is 4.90 Å². The van der Waals surface area contributed by atoms with Crippen molar-refractivity contribution in [3.63, 3.8) is 0 Å². The van der Waals surface area contributed by atoms with Gasteiger partial charge in [-0.15, -0.1) is 0 Å². The molecule has 0 radical (unpaired) electrons. The molecule has 3 atom stereocenters. The molecule has 7 heteroatoms. The van der Waals surface area contributed by atoms with Gasteiger partial charge in [0, 0.05) is 31.1 Å². The second-order valence-corrected chi connectivity index (χ2v) is 12.0. The second-order valence-electron chi connectivity index (χ2n) is 10.1. The zero-order valence-corrected chi connectivity index (χ0v) is 22.2. The fraction of sp³-hybridized carbons (Fsp3) is 0.367. The van der Waals surface area contributed by atoms with Crippen LogP contribution < -0.4 is 0 Å². The Morgan fingerprint density at radius 2 is 1.70 bits per heavy atom. The van der Waals surface area contributed by atoms with Gasteiger partial charge in [0.15, 0.2) is 0 Å². The van der Waals surface area contributed by atoms with Crippen LogP contribution in [0.4, 0.5) is 0 Å². The largest absolute Gasteiger partial charge is 0.395 e. The summed E-state index contributed by atoms with van der Waals surface area (Å²) in [5.74, 6) is 0.0275. The number of aryl methyl sites for hydroxylation is 1. The molecule has 3 aromatic carbocycles. The summed E-state index contributed by atoms with van der Waals surface area (Å²) >= 11 is 0. The minimum Gasteiger partial charge on any atom is -0.395 e. The smallest absolute Gasteiger partial charge is 0.244 e. The zero-order chi connectivity index (χ0) is 26.2. The van der Waals surface area contributed by atoms with Crippen LogP contribution in [0.3, 0.4) is 0 Å². The van der Waals surface area contributed by atoms with Crippen molar-refractivity contribution in [2.75, 3.05) is 26.2 Å². The van der Waals surface area contributed by atoms with Crippen LogP contribution in [0.5, 0.6) is 0 Å². The highest BCUT2D eigenvalue weighted by Gasteiger charge is 2.50. The average molecular weight is 516 g/mol. The minimum atomic E-state index is -3.83. The van der Waals surface area contributed by atoms with Crippen molar-refractivity contribution in [3.05, 3.63) is 89.0 Å². The van der Waals surface area contributed by atoms with Gasteiger partial charge >= 0.3 is 0 Å². The number of hydrogen-bond donors (Lipinski definition) is 1. The topological polar surface area (TPSA) is 84.6 Å². The first-order chi connectivity index (χ1) is 17.9. The molecule has 2 fully saturated rings. The number of sulfonamides is 1. The van der Waals surface area contributed by atoms with Crippen LogP contribution in [0, 0.1) is 25.2 Å². The van der Waals surface area contributed by atoms with E-state index in [1.54, 1.807) is 22.5 Å². The summed E-state index contributed by atoms with van der Waals surface area (Å²) in [4.78, 5) is 2.33. The third kappa shape index (κ3) is 4.60. The fourth-order valence-corrected chi connectivity index (χ4v) is 7.64. The lowest BCUT2D eigenvalue weighted by molar-refractivity contribution is -0.0553. The fourth-order valence-electron chi connectivity index (χ4n) is 6.00. The SMILES string of the molecule is Cc1cccc(-c2ccc([C@@H]3[C@@H](CO)N4CCCCN(S(=O)(=O)c5ccccc5C#N)C[C@@H]34)cc2)c1C. The molecule has 192 valence electrons. The van der Waals surface area contributed by atoms with Gasteiger partial charge < -0.3 is 5.11 Å². The van der Waals surface area contributed by atoms with Crippen molar-refractivity contribution in [1.29, 1.82) is 5.26 Å². The van der Waals surface area contributed by atoms with Gasteiger partial charge in [0.1, 0.15) is 6.07 Å². The number of aliphatic hydroxyl groups is 1. The monoisotopic (exact) mass is 515 g/mol. The van der Waals surface area contributed by atoms with Gasteiger partial charge in [-0.25, -0.2) is 8.42 Å². The summed E-state index contributed by atoms with van der Waals surface area (Å²) in [5, 5.41) is 19.8. The van der Waals surface area contributed by atoms with E-state index in [1.807, 2.05) is 6.07 Å². The highest BCUT2D eigenvalue weighted by Crippen LogP contribution is 2.43. The lowest BCUT2D eigenvalue weighted by Gasteiger charge is -2.57. The van der Waals surface area contributed by atoms with E-state index < -0.39 is 10.0 Å². The Bertz CT molecular complexity index is 1430. The van der Waals surface area contributed by atoms with Gasteiger partial charge in [-0.2, -0.15) is 9.57 Å². The van der Waals surface area contributed by atoms with E-state index in [0.717, 1.165) is 30.5 Å². The molecule has 37 heavy (non-hydrogen) atoms. The quantitative estimate of drug-likeness (QED) is 0.543. The molecule has 0 aliphatic carbocycles. The van der Waals surface area contributed by atoms with E-state index in [0.29, 0.717) is 13.1 Å². The number of nitriles is 1. The summed E-state index contributed by atoms with van der Waals surface area (Å²) in [6.45, 7) is 5.89. The van der Waals surface area contributed by atoms with E-state index in [9.17, 15) is 18.8 Å². The molecule has 3 aromatic rings. The average Bonchev–Trinajstić information content (AvgIpc) is 2.89. The van der Waals surface area contributed by atoms with E-state index in [4.69, 9.17) is 0 Å². The molecule has 2 saturated heterocycles. The highest BCUT2D eigenvalue weighted by molar-refractivity contribution is 7.89. The molecule has 5 rings (SSSR count). The number of hydrogen-bond acceptors (Lipinski definition) is 5. The van der Waals surface area contributed by atoms with Gasteiger partial charge in [-0.1, -0.05) is 54.6 Å². The summed E-state index contributed by atoms with van der Waals surface area (Å²) in [5.41, 5.74) is 6.16. The van der Waals surface area contributed by atoms with Crippen LogP contribution in [0.25, 0.3) is 11.1 Å². The van der Waals surface area contributed by atoms with Crippen LogP contribution in [0.1, 0.15) is 41.0 Å². The van der Waals surface area contributed by atoms with Crippen LogP contribution >= 0.6 is 0 Å². The third-order valence-electron chi connectivity index (χ3n) is 8.17. The van der Waals surface area contributed by atoms with Gasteiger partial charge in [0.05, 0.1) is 17.1 Å². The summed E-state index contributed by atoms with van der Waals surface area (Å²) in [6.07, 6.45) is 1.60. The molecule has 0 aromatic heterocycles. The zero-order valence-electron chi connectivity index (χ0n) is 21.3. The molecule has 6 nitrogen and oxygen atoms in total. The van der Waals surface area contributed by atoms with Crippen LogP contribution in [0.2, 0.25) is 0 Å². The van der Waals surface area contributed by atoms with Gasteiger partial charge in [0.2, 0.25) is 10.0 Å². The first kappa shape index (κ1) is 25.6. The van der Waals surface area contributed by atoms with Crippen molar-refractivity contribution < 1.29 is 13.5 Å². The molecule has 1 N–H and O–H groups in total. The third-order valence-corrected chi connectivity index (χ3v) is 10.1. The second kappa shape index (κ2) is 10.4. The Hall–Kier alpha value is -3.02. The van der Waals surface area contributed by atoms with Crippen molar-refractivity contribution in [2.45, 2.75) is 49.6 Å². The predicted octanol–water partition coefficient (Wildman–Crippen LogP) is 4.46. The number of benzene rings is 3. The van der Waals surface area contributed by atoms with Crippen LogP contribution in [-0.2, 0) is 10.0 Å². The first-order valence-corrected chi connectivity index (χ1v) is 14.3. The molecule has 0 unspecified atom stereocenters. The molecule has 0 spiro atoms. The van der Waals surface area contributed by atoms with Crippen molar-refractivity contribution >= 4 is 10.0 Å². The molecule has 0 bridgehead atoms. The van der Waals surface area contributed by atoms with Crippen LogP contribution in [-0.4, -0.2) is 61.1 Å². The van der Waals surface area contributed by atoms with E-state index in [2.05, 4.69) is 61.2 Å². The molecular weight excluding hydrogens is 482 g/mol. The predicted molar refractivity (Wildman–Crippen MR) is 145 cm³/mol. The lowest BCUT2D eigenvalue weighted by Crippen LogP contribution is -2.67. The summed E-state index contributed by atoms with van der Waals surface area (Å²) < 4.78 is 28.9. The maximum atomic E-state index is 13.7. The molecule has 2 heterocycles. The van der Waals surface area contributed by atoms with Crippen LogP contribution in [0.15, 0.2) is 71.6 Å². The van der Waals surface area contributed by atoms with Crippen molar-refractivity contribution in [3.8, 4) is 17.2 Å². The van der Waals surface area contributed by atoms with Gasteiger partial charge in [-0.05, 0) is 73.2 Å². The normalized spacial score (nSPS) is 22.8. The Balaban J connectivity index is 1.45. The van der Waals surface area contributed by atoms with E-state index in [-0.39, 0.29) is 35.1 Å². The minimum absolute atomic E-state index is 0.0275. The standard InChI is InChI=1S/C30H33N3O3S/c1-21-8-7-10-26(22(21)2)23-12-14-24(15-13-23)30-27-19-32(16-5-6-17-33(27)28(30)20-34)37(35,36)29-11-4-3-9-25(29)18-31/h3-4,7-15,27-28,30,34H,5-6,16-17,19-20H2,1-2H3/t27-,28+,30-/m0/s1. The summed E-state index contributed by atoms with van der Waals surface area (Å²) in [7, 11) is -3.83. The first-order valence-electron chi connectivity index (χ1n) is 12.9. The maximum Gasteiger partial charge on any atom is 0.244 e. The molecule has 2 aliphatic heterocycles.